The van der Waals surface area contributed by atoms with Crippen molar-refractivity contribution in [2.24, 2.45) is 0 Å². The second kappa shape index (κ2) is 6.72. The molecule has 0 saturated heterocycles. The van der Waals surface area contributed by atoms with Gasteiger partial charge in [-0.15, -0.1) is 0 Å². The van der Waals surface area contributed by atoms with Gasteiger partial charge in [0.05, 0.1) is 22.5 Å². The summed E-state index contributed by atoms with van der Waals surface area (Å²) in [5.74, 6) is 0.135. The molecule has 3 heterocycles. The molecule has 4 rings (SSSR count). The molecule has 1 N–H and O–H groups in total. The second-order valence-corrected chi connectivity index (χ2v) is 6.99. The topological polar surface area (TPSA) is 59.3 Å². The summed E-state index contributed by atoms with van der Waals surface area (Å²) in [7, 11) is 0. The highest BCUT2D eigenvalue weighted by Gasteiger charge is 2.14. The Morgan fingerprint density at radius 3 is 2.96 bits per heavy atom. The maximum atomic E-state index is 11.9. The second-order valence-electron chi connectivity index (χ2n) is 5.99. The number of carbonyl (C=O) groups is 1. The van der Waals surface area contributed by atoms with Crippen molar-refractivity contribution in [2.45, 2.75) is 20.3 Å². The van der Waals surface area contributed by atoms with Crippen molar-refractivity contribution >= 4 is 33.6 Å². The third-order valence-electron chi connectivity index (χ3n) is 4.20. The van der Waals surface area contributed by atoms with Crippen molar-refractivity contribution in [1.29, 1.82) is 0 Å². The van der Waals surface area contributed by atoms with E-state index in [0.29, 0.717) is 12.0 Å². The number of aromatic nitrogens is 3. The Bertz CT molecular complexity index is 1100. The molecule has 26 heavy (non-hydrogen) atoms. The fourth-order valence-corrected chi connectivity index (χ4v) is 3.88. The molecule has 0 amide bonds. The third-order valence-corrected chi connectivity index (χ3v) is 5.30. The fraction of sp³-hybridized carbons (Fsp3) is 0.150. The van der Waals surface area contributed by atoms with Gasteiger partial charge < -0.3 is 5.32 Å². The first-order chi connectivity index (χ1) is 12.7. The number of rotatable bonds is 5. The van der Waals surface area contributed by atoms with Crippen molar-refractivity contribution in [1.82, 2.24) is 14.4 Å². The van der Waals surface area contributed by atoms with E-state index in [1.165, 1.54) is 0 Å². The predicted molar refractivity (Wildman–Crippen MR) is 105 cm³/mol. The van der Waals surface area contributed by atoms with Gasteiger partial charge in [0.25, 0.3) is 0 Å². The average Bonchev–Trinajstić information content (AvgIpc) is 3.24. The Hall–Kier alpha value is -2.99. The number of nitrogens with one attached hydrogen (secondary N) is 1. The van der Waals surface area contributed by atoms with Gasteiger partial charge in [0.1, 0.15) is 5.65 Å². The van der Waals surface area contributed by atoms with Crippen molar-refractivity contribution in [3.8, 4) is 10.6 Å². The molecule has 6 heteroatoms. The zero-order chi connectivity index (χ0) is 18.1. The first-order valence-electron chi connectivity index (χ1n) is 8.46. The summed E-state index contributed by atoms with van der Waals surface area (Å²) in [6.45, 7) is 3.87. The molecule has 1 aromatic carbocycles. The van der Waals surface area contributed by atoms with Crippen molar-refractivity contribution in [2.75, 3.05) is 5.32 Å². The molecule has 130 valence electrons. The van der Waals surface area contributed by atoms with Gasteiger partial charge in [0.15, 0.2) is 10.9 Å². The van der Waals surface area contributed by atoms with Crippen LogP contribution in [0.2, 0.25) is 0 Å². The number of hydrogen-bond donors (Lipinski definition) is 1. The number of thiazole rings is 1. The molecule has 4 aromatic rings. The summed E-state index contributed by atoms with van der Waals surface area (Å²) in [6, 6.07) is 13.5. The van der Waals surface area contributed by atoms with Crippen LogP contribution >= 0.6 is 11.3 Å². The van der Waals surface area contributed by atoms with E-state index in [1.807, 2.05) is 68.7 Å². The molecule has 0 bridgehead atoms. The molecule has 0 aliphatic carbocycles. The molecule has 0 radical (unpaired) electrons. The number of anilines is 2. The Morgan fingerprint density at radius 1 is 1.23 bits per heavy atom. The number of benzene rings is 1. The summed E-state index contributed by atoms with van der Waals surface area (Å²) >= 11 is 1.58. The van der Waals surface area contributed by atoms with Crippen molar-refractivity contribution < 1.29 is 4.79 Å². The van der Waals surface area contributed by atoms with Crippen LogP contribution in [-0.2, 0) is 0 Å². The van der Waals surface area contributed by atoms with Crippen LogP contribution in [-0.4, -0.2) is 20.2 Å². The maximum Gasteiger partial charge on any atom is 0.188 e. The van der Waals surface area contributed by atoms with Gasteiger partial charge in [-0.3, -0.25) is 9.20 Å². The van der Waals surface area contributed by atoms with Gasteiger partial charge in [0.2, 0.25) is 0 Å². The van der Waals surface area contributed by atoms with Gasteiger partial charge in [-0.1, -0.05) is 36.5 Å². The number of hydrogen-bond acceptors (Lipinski definition) is 5. The first-order valence-corrected chi connectivity index (χ1v) is 9.27. The summed E-state index contributed by atoms with van der Waals surface area (Å²) in [4.78, 5) is 22.1. The Balaban J connectivity index is 1.66. The number of Topliss-reactive ketones (excluding diaryl/α,β-unsaturated/α-hetero) is 1. The van der Waals surface area contributed by atoms with E-state index in [-0.39, 0.29) is 5.78 Å². The van der Waals surface area contributed by atoms with E-state index < -0.39 is 0 Å². The number of aryl methyl sites for hydroxylation is 1. The average molecular weight is 362 g/mol. The molecule has 5 nitrogen and oxygen atoms in total. The maximum absolute atomic E-state index is 11.9. The van der Waals surface area contributed by atoms with E-state index in [4.69, 9.17) is 0 Å². The van der Waals surface area contributed by atoms with E-state index in [1.54, 1.807) is 11.3 Å². The van der Waals surface area contributed by atoms with Crippen molar-refractivity contribution in [3.05, 3.63) is 66.1 Å². The van der Waals surface area contributed by atoms with Crippen LogP contribution in [0, 0.1) is 6.92 Å². The largest absolute Gasteiger partial charge is 0.332 e. The predicted octanol–water partition coefficient (Wildman–Crippen LogP) is 5.10. The summed E-state index contributed by atoms with van der Waals surface area (Å²) in [6.07, 6.45) is 4.38. The van der Waals surface area contributed by atoms with Crippen LogP contribution in [0.4, 0.5) is 10.8 Å². The molecule has 0 aliphatic rings. The summed E-state index contributed by atoms with van der Waals surface area (Å²) in [5, 5.41) is 4.12. The Labute approximate surface area is 155 Å². The molecule has 0 saturated carbocycles. The molecular formula is C20H18N4OS. The molecule has 0 atom stereocenters. The minimum Gasteiger partial charge on any atom is -0.332 e. The normalized spacial score (nSPS) is 11.0. The highest BCUT2D eigenvalue weighted by molar-refractivity contribution is 7.19. The Morgan fingerprint density at radius 2 is 2.12 bits per heavy atom. The standard InChI is InChI=1S/C20H18N4OS/c1-3-17(25)14-7-6-8-15(11-14)23-20-22-13(2)19(26-20)16-12-21-18-9-4-5-10-24(16)18/h4-12H,3H2,1-2H3,(H,22,23). The van der Waals surface area contributed by atoms with Gasteiger partial charge in [0, 0.05) is 23.9 Å². The lowest BCUT2D eigenvalue weighted by Crippen LogP contribution is -1.97. The van der Waals surface area contributed by atoms with Crippen LogP contribution in [0.15, 0.2) is 54.9 Å². The fourth-order valence-electron chi connectivity index (χ4n) is 2.89. The SMILES string of the molecule is CCC(=O)c1cccc(Nc2nc(C)c(-c3cnc4ccccn34)s2)c1. The first kappa shape index (κ1) is 16.5. The molecule has 0 unspecified atom stereocenters. The summed E-state index contributed by atoms with van der Waals surface area (Å²) < 4.78 is 2.06. The number of nitrogens with zero attached hydrogens (tertiary/aromatic N) is 3. The lowest BCUT2D eigenvalue weighted by molar-refractivity contribution is 0.0988. The number of ketones is 1. The molecular weight excluding hydrogens is 344 g/mol. The van der Waals surface area contributed by atoms with E-state index in [9.17, 15) is 4.79 Å². The quantitative estimate of drug-likeness (QED) is 0.502. The lowest BCUT2D eigenvalue weighted by atomic mass is 10.1. The zero-order valence-corrected chi connectivity index (χ0v) is 15.4. The van der Waals surface area contributed by atoms with E-state index >= 15 is 0 Å². The van der Waals surface area contributed by atoms with E-state index in [2.05, 4.69) is 19.7 Å². The zero-order valence-electron chi connectivity index (χ0n) is 14.6. The monoisotopic (exact) mass is 362 g/mol. The molecule has 3 aromatic heterocycles. The highest BCUT2D eigenvalue weighted by atomic mass is 32.1. The third kappa shape index (κ3) is 2.99. The molecule has 0 fully saturated rings. The van der Waals surface area contributed by atoms with Gasteiger partial charge >= 0.3 is 0 Å². The minimum atomic E-state index is 0.135. The lowest BCUT2D eigenvalue weighted by Gasteiger charge is -2.04. The van der Waals surface area contributed by atoms with Gasteiger partial charge in [-0.2, -0.15) is 0 Å². The van der Waals surface area contributed by atoms with Crippen LogP contribution in [0.3, 0.4) is 0 Å². The number of fused-ring (bicyclic) bond motifs is 1. The van der Waals surface area contributed by atoms with Crippen LogP contribution in [0.1, 0.15) is 29.4 Å². The number of imidazole rings is 1. The number of carbonyl (C=O) groups excluding carboxylic acids is 1. The van der Waals surface area contributed by atoms with Gasteiger partial charge in [-0.05, 0) is 31.2 Å². The smallest absolute Gasteiger partial charge is 0.188 e. The minimum absolute atomic E-state index is 0.135. The van der Waals surface area contributed by atoms with Crippen LogP contribution < -0.4 is 5.32 Å². The van der Waals surface area contributed by atoms with E-state index in [0.717, 1.165) is 32.7 Å². The highest BCUT2D eigenvalue weighted by Crippen LogP contribution is 2.34. The summed E-state index contributed by atoms with van der Waals surface area (Å²) in [5.41, 5.74) is 4.47. The van der Waals surface area contributed by atoms with Crippen LogP contribution in [0.5, 0.6) is 0 Å². The van der Waals surface area contributed by atoms with Gasteiger partial charge in [-0.25, -0.2) is 9.97 Å². The Kier molecular flexibility index (Phi) is 4.26. The molecule has 0 aliphatic heterocycles. The van der Waals surface area contributed by atoms with Crippen molar-refractivity contribution in [3.63, 3.8) is 0 Å². The molecule has 0 spiro atoms. The van der Waals surface area contributed by atoms with Crippen LogP contribution in [0.25, 0.3) is 16.2 Å². The number of pyridine rings is 1.